The van der Waals surface area contributed by atoms with E-state index in [0.29, 0.717) is 12.0 Å². The van der Waals surface area contributed by atoms with Gasteiger partial charge in [-0.1, -0.05) is 19.8 Å². The van der Waals surface area contributed by atoms with Crippen molar-refractivity contribution in [2.75, 3.05) is 19.6 Å². The van der Waals surface area contributed by atoms with Gasteiger partial charge in [-0.25, -0.2) is 9.97 Å². The molecule has 1 aliphatic carbocycles. The summed E-state index contributed by atoms with van der Waals surface area (Å²) in [5, 5.41) is 0. The first-order valence-electron chi connectivity index (χ1n) is 8.92. The first-order chi connectivity index (χ1) is 10.9. The molecule has 4 nitrogen and oxygen atoms in total. The Morgan fingerprint density at radius 3 is 2.64 bits per heavy atom. The molecule has 118 valence electrons. The summed E-state index contributed by atoms with van der Waals surface area (Å²) in [7, 11) is 0. The summed E-state index contributed by atoms with van der Waals surface area (Å²) in [6.07, 6.45) is 9.69. The van der Waals surface area contributed by atoms with Gasteiger partial charge in [0.05, 0.1) is 0 Å². The lowest BCUT2D eigenvalue weighted by Gasteiger charge is -2.31. The predicted molar refractivity (Wildman–Crippen MR) is 89.1 cm³/mol. The Hall–Kier alpha value is -1.42. The van der Waals surface area contributed by atoms with Gasteiger partial charge in [-0.05, 0) is 57.5 Å². The van der Waals surface area contributed by atoms with Crippen LogP contribution in [0.1, 0.15) is 63.2 Å². The van der Waals surface area contributed by atoms with Gasteiger partial charge >= 0.3 is 0 Å². The summed E-state index contributed by atoms with van der Waals surface area (Å²) in [6.45, 7) is 5.86. The monoisotopic (exact) mass is 298 g/mol. The molecule has 3 heterocycles. The molecule has 2 aromatic heterocycles. The van der Waals surface area contributed by atoms with Crippen LogP contribution in [0.15, 0.2) is 18.3 Å². The summed E-state index contributed by atoms with van der Waals surface area (Å²) in [6, 6.07) is 4.76. The zero-order valence-corrected chi connectivity index (χ0v) is 13.5. The molecule has 0 radical (unpaired) electrons. The molecule has 2 aromatic rings. The Morgan fingerprint density at radius 1 is 1.14 bits per heavy atom. The van der Waals surface area contributed by atoms with Gasteiger partial charge in [0.25, 0.3) is 0 Å². The van der Waals surface area contributed by atoms with Gasteiger partial charge in [0.2, 0.25) is 0 Å². The van der Waals surface area contributed by atoms with Crippen LogP contribution in [0.3, 0.4) is 0 Å². The topological polar surface area (TPSA) is 34.0 Å². The highest BCUT2D eigenvalue weighted by Crippen LogP contribution is 2.37. The van der Waals surface area contributed by atoms with Crippen molar-refractivity contribution >= 4 is 11.2 Å². The van der Waals surface area contributed by atoms with Gasteiger partial charge in [-0.2, -0.15) is 0 Å². The number of fused-ring (bicyclic) bond motifs is 1. The maximum absolute atomic E-state index is 5.01. The Balaban J connectivity index is 1.71. The Kier molecular flexibility index (Phi) is 3.87. The quantitative estimate of drug-likeness (QED) is 0.865. The third-order valence-electron chi connectivity index (χ3n) is 5.57. The minimum absolute atomic E-state index is 0.609. The van der Waals surface area contributed by atoms with Crippen LogP contribution < -0.4 is 0 Å². The van der Waals surface area contributed by atoms with Crippen LogP contribution in [0, 0.1) is 0 Å². The number of imidazole rings is 1. The average molecular weight is 298 g/mol. The van der Waals surface area contributed by atoms with Gasteiger partial charge in [0.1, 0.15) is 11.3 Å². The second-order valence-electron chi connectivity index (χ2n) is 6.83. The van der Waals surface area contributed by atoms with Crippen molar-refractivity contribution in [1.82, 2.24) is 19.4 Å². The van der Waals surface area contributed by atoms with E-state index in [1.165, 1.54) is 64.0 Å². The van der Waals surface area contributed by atoms with E-state index in [1.54, 1.807) is 0 Å². The average Bonchev–Trinajstić information content (AvgIpc) is 3.21. The Labute approximate surface area is 132 Å². The third kappa shape index (κ3) is 2.43. The molecule has 0 amide bonds. The third-order valence-corrected chi connectivity index (χ3v) is 5.57. The molecule has 0 bridgehead atoms. The summed E-state index contributed by atoms with van der Waals surface area (Å²) in [5.41, 5.74) is 2.20. The highest BCUT2D eigenvalue weighted by atomic mass is 15.2. The van der Waals surface area contributed by atoms with Crippen molar-refractivity contribution < 1.29 is 0 Å². The van der Waals surface area contributed by atoms with E-state index in [1.807, 2.05) is 12.3 Å². The molecule has 0 atom stereocenters. The molecule has 0 N–H and O–H groups in total. The molecule has 0 spiro atoms. The van der Waals surface area contributed by atoms with Gasteiger partial charge in [-0.3, -0.25) is 0 Å². The lowest BCUT2D eigenvalue weighted by molar-refractivity contribution is 0.216. The van der Waals surface area contributed by atoms with Crippen LogP contribution >= 0.6 is 0 Å². The molecule has 1 aliphatic heterocycles. The molecule has 2 fully saturated rings. The van der Waals surface area contributed by atoms with E-state index < -0.39 is 0 Å². The molecule has 22 heavy (non-hydrogen) atoms. The van der Waals surface area contributed by atoms with E-state index in [0.717, 1.165) is 11.2 Å². The number of rotatable bonds is 3. The number of nitrogens with zero attached hydrogens (tertiary/aromatic N) is 4. The number of hydrogen-bond donors (Lipinski definition) is 0. The van der Waals surface area contributed by atoms with Gasteiger partial charge in [-0.15, -0.1) is 0 Å². The molecule has 4 heteroatoms. The van der Waals surface area contributed by atoms with Gasteiger partial charge in [0, 0.05) is 18.2 Å². The zero-order valence-electron chi connectivity index (χ0n) is 13.5. The van der Waals surface area contributed by atoms with E-state index in [-0.39, 0.29) is 0 Å². The van der Waals surface area contributed by atoms with Crippen molar-refractivity contribution in [1.29, 1.82) is 0 Å². The first-order valence-corrected chi connectivity index (χ1v) is 8.92. The fraction of sp³-hybridized carbons (Fsp3) is 0.667. The van der Waals surface area contributed by atoms with E-state index >= 15 is 0 Å². The van der Waals surface area contributed by atoms with Crippen LogP contribution in [0.4, 0.5) is 0 Å². The lowest BCUT2D eigenvalue weighted by atomic mass is 9.95. The van der Waals surface area contributed by atoms with E-state index in [9.17, 15) is 0 Å². The minimum Gasteiger partial charge on any atom is -0.309 e. The normalized spacial score (nSPS) is 21.9. The van der Waals surface area contributed by atoms with Crippen molar-refractivity contribution in [3.8, 4) is 0 Å². The number of hydrogen-bond acceptors (Lipinski definition) is 3. The van der Waals surface area contributed by atoms with Crippen LogP contribution in [0.5, 0.6) is 0 Å². The van der Waals surface area contributed by atoms with Crippen LogP contribution in [-0.4, -0.2) is 39.1 Å². The van der Waals surface area contributed by atoms with Crippen molar-refractivity contribution in [3.05, 3.63) is 24.2 Å². The maximum Gasteiger partial charge on any atom is 0.160 e. The summed E-state index contributed by atoms with van der Waals surface area (Å²) in [5.74, 6) is 1.92. The number of likely N-dealkylation sites (tertiary alicyclic amines) is 1. The number of pyridine rings is 1. The largest absolute Gasteiger partial charge is 0.309 e. The number of piperidine rings is 1. The van der Waals surface area contributed by atoms with Crippen molar-refractivity contribution in [2.24, 2.45) is 0 Å². The second kappa shape index (κ2) is 5.99. The van der Waals surface area contributed by atoms with Crippen LogP contribution in [0.25, 0.3) is 11.2 Å². The van der Waals surface area contributed by atoms with Gasteiger partial charge in [0.15, 0.2) is 5.65 Å². The molecular formula is C18H26N4. The SMILES string of the molecule is CCN1CCC(c2nc3cccnc3n2C2CCCC2)CC1. The van der Waals surface area contributed by atoms with Crippen molar-refractivity contribution in [3.63, 3.8) is 0 Å². The van der Waals surface area contributed by atoms with E-state index in [2.05, 4.69) is 27.4 Å². The highest BCUT2D eigenvalue weighted by molar-refractivity contribution is 5.71. The van der Waals surface area contributed by atoms with E-state index in [4.69, 9.17) is 4.98 Å². The minimum atomic E-state index is 0.609. The summed E-state index contributed by atoms with van der Waals surface area (Å²) >= 11 is 0. The predicted octanol–water partition coefficient (Wildman–Crippen LogP) is 3.75. The lowest BCUT2D eigenvalue weighted by Crippen LogP contribution is -2.33. The molecule has 0 unspecified atom stereocenters. The summed E-state index contributed by atoms with van der Waals surface area (Å²) in [4.78, 5) is 12.2. The van der Waals surface area contributed by atoms with Crippen LogP contribution in [-0.2, 0) is 0 Å². The maximum atomic E-state index is 5.01. The Morgan fingerprint density at radius 2 is 1.91 bits per heavy atom. The highest BCUT2D eigenvalue weighted by Gasteiger charge is 2.29. The van der Waals surface area contributed by atoms with Crippen molar-refractivity contribution in [2.45, 2.75) is 57.4 Å². The molecular weight excluding hydrogens is 272 g/mol. The standard InChI is InChI=1S/C18H26N4/c1-2-21-12-9-14(10-13-21)17-20-16-8-5-11-19-18(16)22(17)15-6-3-4-7-15/h5,8,11,14-15H,2-4,6-7,9-10,12-13H2,1H3. The van der Waals surface area contributed by atoms with Gasteiger partial charge < -0.3 is 9.47 Å². The molecule has 1 saturated heterocycles. The second-order valence-corrected chi connectivity index (χ2v) is 6.83. The first kappa shape index (κ1) is 14.2. The molecule has 1 saturated carbocycles. The number of aromatic nitrogens is 3. The smallest absolute Gasteiger partial charge is 0.160 e. The molecule has 4 rings (SSSR count). The van der Waals surface area contributed by atoms with Crippen LogP contribution in [0.2, 0.25) is 0 Å². The summed E-state index contributed by atoms with van der Waals surface area (Å²) < 4.78 is 2.51. The molecule has 2 aliphatic rings. The Bertz CT molecular complexity index is 634. The fourth-order valence-electron chi connectivity index (χ4n) is 4.26. The molecule has 0 aromatic carbocycles. The fourth-order valence-corrected chi connectivity index (χ4v) is 4.26. The zero-order chi connectivity index (χ0) is 14.9.